The molecule has 0 amide bonds. The van der Waals surface area contributed by atoms with Crippen LogP contribution < -0.4 is 5.32 Å². The molecule has 1 aromatic carbocycles. The number of rotatable bonds is 3. The number of Topliss-reactive ketones (excluding diaryl/α,β-unsaturated/α-hetero) is 1. The molecule has 2 unspecified atom stereocenters. The highest BCUT2D eigenvalue weighted by Crippen LogP contribution is 2.29. The van der Waals surface area contributed by atoms with Gasteiger partial charge in [-0.25, -0.2) is 0 Å². The Morgan fingerprint density at radius 3 is 2.71 bits per heavy atom. The number of aliphatic hydroxyl groups is 4. The molecule has 0 radical (unpaired) electrons. The number of ether oxygens (including phenoxy) is 1. The smallest absolute Gasteiger partial charge is 0.178 e. The molecule has 130 valence electrons. The van der Waals surface area contributed by atoms with Crippen molar-refractivity contribution < 1.29 is 30.0 Å². The molecule has 1 aliphatic heterocycles. The maximum Gasteiger partial charge on any atom is 0.178 e. The molecular formula is C16H18INO6. The summed E-state index contributed by atoms with van der Waals surface area (Å²) in [7, 11) is 0. The molecule has 7 nitrogen and oxygen atoms in total. The molecule has 5 N–H and O–H groups in total. The van der Waals surface area contributed by atoms with Crippen molar-refractivity contribution in [3.8, 4) is 0 Å². The van der Waals surface area contributed by atoms with E-state index in [4.69, 9.17) is 9.84 Å². The number of anilines is 1. The predicted octanol–water partition coefficient (Wildman–Crippen LogP) is -0.200. The zero-order valence-corrected chi connectivity index (χ0v) is 14.8. The highest BCUT2D eigenvalue weighted by atomic mass is 127. The summed E-state index contributed by atoms with van der Waals surface area (Å²) >= 11 is 2.01. The molecule has 2 aliphatic rings. The van der Waals surface area contributed by atoms with Crippen LogP contribution in [0.3, 0.4) is 0 Å². The van der Waals surface area contributed by atoms with Gasteiger partial charge in [0, 0.05) is 12.1 Å². The summed E-state index contributed by atoms with van der Waals surface area (Å²) in [6.45, 7) is -0.506. The minimum Gasteiger partial charge on any atom is -0.394 e. The number of hydrogen-bond acceptors (Lipinski definition) is 7. The van der Waals surface area contributed by atoms with Crippen molar-refractivity contribution in [2.24, 2.45) is 0 Å². The summed E-state index contributed by atoms with van der Waals surface area (Å²) in [5, 5.41) is 42.1. The van der Waals surface area contributed by atoms with Crippen molar-refractivity contribution in [1.29, 1.82) is 0 Å². The SMILES string of the molecule is O=C1Cc2cc(NC3[C@@H](O)OC(CO)[C@H](O)[C@H]3O)ccc2C=C1I. The standard InChI is InChI=1S/C16H18INO6/c17-10-4-7-1-2-9(3-8(7)5-11(10)20)18-13-15(22)14(21)12(6-19)24-16(13)23/h1-4,12-16,18-19,21-23H,5-6H2/t12?,13?,14-,15-,16-/m0/s1. The van der Waals surface area contributed by atoms with Crippen molar-refractivity contribution >= 4 is 40.1 Å². The summed E-state index contributed by atoms with van der Waals surface area (Å²) in [4.78, 5) is 11.8. The molecule has 0 aromatic heterocycles. The van der Waals surface area contributed by atoms with Gasteiger partial charge in [-0.05, 0) is 51.9 Å². The Balaban J connectivity index is 1.79. The third kappa shape index (κ3) is 3.35. The number of aliphatic hydroxyl groups excluding tert-OH is 4. The van der Waals surface area contributed by atoms with E-state index in [1.807, 2.05) is 34.7 Å². The van der Waals surface area contributed by atoms with E-state index in [2.05, 4.69) is 5.32 Å². The van der Waals surface area contributed by atoms with E-state index in [0.717, 1.165) is 11.1 Å². The topological polar surface area (TPSA) is 119 Å². The molecule has 0 saturated carbocycles. The average Bonchev–Trinajstić information content (AvgIpc) is 2.56. The lowest BCUT2D eigenvalue weighted by molar-refractivity contribution is -0.245. The van der Waals surface area contributed by atoms with Gasteiger partial charge in [-0.3, -0.25) is 4.79 Å². The summed E-state index contributed by atoms with van der Waals surface area (Å²) in [6.07, 6.45) is -2.96. The van der Waals surface area contributed by atoms with E-state index < -0.39 is 37.3 Å². The van der Waals surface area contributed by atoms with E-state index in [0.29, 0.717) is 15.7 Å². The van der Waals surface area contributed by atoms with Crippen molar-refractivity contribution in [3.63, 3.8) is 0 Å². The van der Waals surface area contributed by atoms with Crippen LogP contribution in [-0.4, -0.2) is 63.5 Å². The number of benzene rings is 1. The Labute approximate surface area is 152 Å². The Bertz CT molecular complexity index is 679. The first-order valence-corrected chi connectivity index (χ1v) is 8.59. The van der Waals surface area contributed by atoms with Crippen molar-refractivity contribution in [2.45, 2.75) is 37.1 Å². The highest BCUT2D eigenvalue weighted by Gasteiger charge is 2.43. The summed E-state index contributed by atoms with van der Waals surface area (Å²) in [5.74, 6) is 0.0440. The van der Waals surface area contributed by atoms with E-state index >= 15 is 0 Å². The second kappa shape index (κ2) is 7.06. The fraction of sp³-hybridized carbons (Fsp3) is 0.438. The van der Waals surface area contributed by atoms with Crippen molar-refractivity contribution in [1.82, 2.24) is 0 Å². The first-order chi connectivity index (χ1) is 11.4. The van der Waals surface area contributed by atoms with Gasteiger partial charge in [-0.2, -0.15) is 0 Å². The average molecular weight is 447 g/mol. The van der Waals surface area contributed by atoms with Gasteiger partial charge in [0.2, 0.25) is 0 Å². The van der Waals surface area contributed by atoms with Crippen LogP contribution in [0, 0.1) is 0 Å². The fourth-order valence-electron chi connectivity index (χ4n) is 2.91. The first kappa shape index (κ1) is 17.8. The molecule has 0 bridgehead atoms. The largest absolute Gasteiger partial charge is 0.394 e. The van der Waals surface area contributed by atoms with Crippen LogP contribution in [0.15, 0.2) is 21.8 Å². The Hall–Kier alpha value is -1.04. The van der Waals surface area contributed by atoms with Crippen LogP contribution >= 0.6 is 22.6 Å². The molecule has 0 spiro atoms. The van der Waals surface area contributed by atoms with E-state index in [1.54, 1.807) is 12.1 Å². The normalized spacial score (nSPS) is 33.0. The maximum atomic E-state index is 11.8. The van der Waals surface area contributed by atoms with Crippen LogP contribution in [0.5, 0.6) is 0 Å². The predicted molar refractivity (Wildman–Crippen MR) is 94.5 cm³/mol. The Morgan fingerprint density at radius 2 is 2.00 bits per heavy atom. The minimum atomic E-state index is -1.39. The maximum absolute atomic E-state index is 11.8. The van der Waals surface area contributed by atoms with Crippen LogP contribution in [0.4, 0.5) is 5.69 Å². The lowest BCUT2D eigenvalue weighted by Crippen LogP contribution is -2.61. The number of carbonyl (C=O) groups is 1. The monoisotopic (exact) mass is 447 g/mol. The third-order valence-corrected chi connectivity index (χ3v) is 5.19. The van der Waals surface area contributed by atoms with Gasteiger partial charge in [0.25, 0.3) is 0 Å². The van der Waals surface area contributed by atoms with Gasteiger partial charge in [-0.15, -0.1) is 0 Å². The molecule has 1 fully saturated rings. The minimum absolute atomic E-state index is 0.0440. The van der Waals surface area contributed by atoms with Gasteiger partial charge in [0.1, 0.15) is 24.4 Å². The van der Waals surface area contributed by atoms with E-state index in [-0.39, 0.29) is 5.78 Å². The number of fused-ring (bicyclic) bond motifs is 1. The zero-order valence-electron chi connectivity index (χ0n) is 12.6. The van der Waals surface area contributed by atoms with Crippen LogP contribution in [0.1, 0.15) is 11.1 Å². The van der Waals surface area contributed by atoms with E-state index in [9.17, 15) is 20.1 Å². The fourth-order valence-corrected chi connectivity index (χ4v) is 3.44. The van der Waals surface area contributed by atoms with Gasteiger partial charge >= 0.3 is 0 Å². The van der Waals surface area contributed by atoms with Crippen molar-refractivity contribution in [2.75, 3.05) is 11.9 Å². The van der Waals surface area contributed by atoms with Crippen molar-refractivity contribution in [3.05, 3.63) is 32.9 Å². The summed E-state index contributed by atoms with van der Waals surface area (Å²) < 4.78 is 5.80. The molecule has 1 aliphatic carbocycles. The van der Waals surface area contributed by atoms with Gasteiger partial charge in [0.05, 0.1) is 10.2 Å². The molecule has 1 saturated heterocycles. The Morgan fingerprint density at radius 1 is 1.25 bits per heavy atom. The molecule has 24 heavy (non-hydrogen) atoms. The van der Waals surface area contributed by atoms with Crippen LogP contribution in [0.25, 0.3) is 6.08 Å². The first-order valence-electron chi connectivity index (χ1n) is 7.51. The Kier molecular flexibility index (Phi) is 5.23. The summed E-state index contributed by atoms with van der Waals surface area (Å²) in [5.41, 5.74) is 2.39. The second-order valence-electron chi connectivity index (χ2n) is 5.90. The molecule has 3 rings (SSSR count). The number of ketones is 1. The molecule has 5 atom stereocenters. The zero-order chi connectivity index (χ0) is 17.4. The summed E-state index contributed by atoms with van der Waals surface area (Å²) in [6, 6.07) is 4.42. The second-order valence-corrected chi connectivity index (χ2v) is 7.07. The highest BCUT2D eigenvalue weighted by molar-refractivity contribution is 14.1. The molecule has 1 aromatic rings. The molecule has 1 heterocycles. The van der Waals surface area contributed by atoms with Crippen LogP contribution in [-0.2, 0) is 16.0 Å². The third-order valence-electron chi connectivity index (χ3n) is 4.28. The number of hydrogen-bond donors (Lipinski definition) is 5. The van der Waals surface area contributed by atoms with E-state index in [1.165, 1.54) is 0 Å². The van der Waals surface area contributed by atoms with Gasteiger partial charge in [0.15, 0.2) is 12.1 Å². The molecule has 8 heteroatoms. The number of carbonyl (C=O) groups excluding carboxylic acids is 1. The number of nitrogens with one attached hydrogen (secondary N) is 1. The lowest BCUT2D eigenvalue weighted by Gasteiger charge is -2.40. The lowest BCUT2D eigenvalue weighted by atomic mass is 9.94. The molecular weight excluding hydrogens is 429 g/mol. The van der Waals surface area contributed by atoms with Gasteiger partial charge in [-0.1, -0.05) is 6.07 Å². The quantitative estimate of drug-likeness (QED) is 0.408. The van der Waals surface area contributed by atoms with Gasteiger partial charge < -0.3 is 30.5 Å². The van der Waals surface area contributed by atoms with Crippen LogP contribution in [0.2, 0.25) is 0 Å². The number of halogens is 1. The number of allylic oxidation sites excluding steroid dienone is 1.